The summed E-state index contributed by atoms with van der Waals surface area (Å²) in [5, 5.41) is 3.55. The van der Waals surface area contributed by atoms with Gasteiger partial charge in [0.25, 0.3) is 0 Å². The molecular formula is C12H26N2O. The summed E-state index contributed by atoms with van der Waals surface area (Å²) in [5.41, 5.74) is 0. The minimum absolute atomic E-state index is 0.701. The van der Waals surface area contributed by atoms with Gasteiger partial charge in [-0.2, -0.15) is 0 Å². The molecule has 1 N–H and O–H groups in total. The average molecular weight is 214 g/mol. The molecule has 0 radical (unpaired) electrons. The molecule has 0 aromatic carbocycles. The fourth-order valence-corrected chi connectivity index (χ4v) is 2.22. The van der Waals surface area contributed by atoms with Gasteiger partial charge < -0.3 is 10.1 Å². The van der Waals surface area contributed by atoms with Crippen molar-refractivity contribution in [2.24, 2.45) is 0 Å². The zero-order valence-electron chi connectivity index (χ0n) is 10.5. The van der Waals surface area contributed by atoms with E-state index in [-0.39, 0.29) is 0 Å². The number of ether oxygens (including phenoxy) is 1. The Labute approximate surface area is 94.2 Å². The van der Waals surface area contributed by atoms with Crippen molar-refractivity contribution < 1.29 is 4.74 Å². The second-order valence-corrected chi connectivity index (χ2v) is 4.37. The van der Waals surface area contributed by atoms with E-state index in [2.05, 4.69) is 31.0 Å². The van der Waals surface area contributed by atoms with Crippen LogP contribution < -0.4 is 5.32 Å². The lowest BCUT2D eigenvalue weighted by molar-refractivity contribution is 0.0860. The Morgan fingerprint density at radius 2 is 2.13 bits per heavy atom. The third-order valence-electron chi connectivity index (χ3n) is 3.28. The van der Waals surface area contributed by atoms with Crippen LogP contribution in [0.4, 0.5) is 0 Å². The molecule has 0 bridgehead atoms. The smallest absolute Gasteiger partial charge is 0.0593 e. The lowest BCUT2D eigenvalue weighted by Gasteiger charge is -2.36. The molecule has 1 aliphatic rings. The van der Waals surface area contributed by atoms with Crippen molar-refractivity contribution in [1.29, 1.82) is 0 Å². The molecular weight excluding hydrogens is 188 g/mol. The van der Waals surface area contributed by atoms with E-state index in [0.29, 0.717) is 12.1 Å². The van der Waals surface area contributed by atoms with E-state index in [9.17, 15) is 0 Å². The van der Waals surface area contributed by atoms with Gasteiger partial charge in [-0.05, 0) is 33.2 Å². The molecule has 2 atom stereocenters. The van der Waals surface area contributed by atoms with Crippen LogP contribution in [0.15, 0.2) is 0 Å². The molecule has 1 fully saturated rings. The number of nitrogens with one attached hydrogen (secondary N) is 1. The second kappa shape index (κ2) is 7.20. The van der Waals surface area contributed by atoms with Crippen LogP contribution in [-0.2, 0) is 4.74 Å². The van der Waals surface area contributed by atoms with Gasteiger partial charge in [0, 0.05) is 31.8 Å². The summed E-state index contributed by atoms with van der Waals surface area (Å²) in [6, 6.07) is 1.42. The van der Waals surface area contributed by atoms with Gasteiger partial charge >= 0.3 is 0 Å². The normalized spacial score (nSPS) is 27.2. The third-order valence-corrected chi connectivity index (χ3v) is 3.28. The van der Waals surface area contributed by atoms with Gasteiger partial charge in [-0.1, -0.05) is 6.92 Å². The Kier molecular flexibility index (Phi) is 6.22. The molecule has 0 aliphatic carbocycles. The SMILES string of the molecule is CCOCCN(CC)C1CCC(C)NC1. The predicted octanol–water partition coefficient (Wildman–Crippen LogP) is 1.49. The maximum absolute atomic E-state index is 5.42. The van der Waals surface area contributed by atoms with Crippen LogP contribution in [0.25, 0.3) is 0 Å². The molecule has 1 rings (SSSR count). The molecule has 90 valence electrons. The molecule has 0 aromatic heterocycles. The Bertz CT molecular complexity index is 156. The number of hydrogen-bond acceptors (Lipinski definition) is 3. The van der Waals surface area contributed by atoms with Crippen LogP contribution in [0.5, 0.6) is 0 Å². The zero-order valence-corrected chi connectivity index (χ0v) is 10.5. The van der Waals surface area contributed by atoms with E-state index in [4.69, 9.17) is 4.74 Å². The van der Waals surface area contributed by atoms with Crippen molar-refractivity contribution in [3.63, 3.8) is 0 Å². The summed E-state index contributed by atoms with van der Waals surface area (Å²) < 4.78 is 5.42. The number of nitrogens with zero attached hydrogens (tertiary/aromatic N) is 1. The molecule has 0 saturated carbocycles. The Morgan fingerprint density at radius 3 is 2.67 bits per heavy atom. The highest BCUT2D eigenvalue weighted by atomic mass is 16.5. The van der Waals surface area contributed by atoms with Crippen LogP contribution in [0.1, 0.15) is 33.6 Å². The maximum atomic E-state index is 5.42. The van der Waals surface area contributed by atoms with Crippen molar-refractivity contribution in [2.45, 2.75) is 45.7 Å². The Balaban J connectivity index is 2.24. The Morgan fingerprint density at radius 1 is 1.33 bits per heavy atom. The van der Waals surface area contributed by atoms with Crippen molar-refractivity contribution in [2.75, 3.05) is 32.8 Å². The summed E-state index contributed by atoms with van der Waals surface area (Å²) in [7, 11) is 0. The van der Waals surface area contributed by atoms with Gasteiger partial charge in [0.05, 0.1) is 6.61 Å². The van der Waals surface area contributed by atoms with E-state index in [1.165, 1.54) is 12.8 Å². The van der Waals surface area contributed by atoms with Crippen molar-refractivity contribution in [3.05, 3.63) is 0 Å². The van der Waals surface area contributed by atoms with Gasteiger partial charge in [-0.3, -0.25) is 4.90 Å². The van der Waals surface area contributed by atoms with Crippen molar-refractivity contribution in [3.8, 4) is 0 Å². The van der Waals surface area contributed by atoms with E-state index >= 15 is 0 Å². The zero-order chi connectivity index (χ0) is 11.1. The highest BCUT2D eigenvalue weighted by Crippen LogP contribution is 2.13. The number of rotatable bonds is 6. The number of likely N-dealkylation sites (N-methyl/N-ethyl adjacent to an activating group) is 1. The predicted molar refractivity (Wildman–Crippen MR) is 64.2 cm³/mol. The summed E-state index contributed by atoms with van der Waals surface area (Å²) in [6.45, 7) is 11.6. The van der Waals surface area contributed by atoms with Crippen LogP contribution in [0.3, 0.4) is 0 Å². The lowest BCUT2D eigenvalue weighted by atomic mass is 10.0. The number of piperidine rings is 1. The monoisotopic (exact) mass is 214 g/mol. The fourth-order valence-electron chi connectivity index (χ4n) is 2.22. The maximum Gasteiger partial charge on any atom is 0.0593 e. The molecule has 2 unspecified atom stereocenters. The molecule has 15 heavy (non-hydrogen) atoms. The van der Waals surface area contributed by atoms with Gasteiger partial charge in [0.1, 0.15) is 0 Å². The van der Waals surface area contributed by atoms with E-state index < -0.39 is 0 Å². The van der Waals surface area contributed by atoms with Gasteiger partial charge in [0.2, 0.25) is 0 Å². The summed E-state index contributed by atoms with van der Waals surface area (Å²) in [6.07, 6.45) is 2.63. The molecule has 0 spiro atoms. The van der Waals surface area contributed by atoms with E-state index in [1.807, 2.05) is 0 Å². The van der Waals surface area contributed by atoms with Crippen LogP contribution in [0, 0.1) is 0 Å². The molecule has 3 heteroatoms. The topological polar surface area (TPSA) is 24.5 Å². The summed E-state index contributed by atoms with van der Waals surface area (Å²) in [4.78, 5) is 2.54. The van der Waals surface area contributed by atoms with Gasteiger partial charge in [-0.15, -0.1) is 0 Å². The average Bonchev–Trinajstić information content (AvgIpc) is 2.26. The standard InChI is InChI=1S/C12H26N2O/c1-4-14(8-9-15-5-2)12-7-6-11(3)13-10-12/h11-13H,4-10H2,1-3H3. The first-order valence-corrected chi connectivity index (χ1v) is 6.33. The molecule has 0 amide bonds. The lowest BCUT2D eigenvalue weighted by Crippen LogP contribution is -2.49. The first kappa shape index (κ1) is 12.9. The second-order valence-electron chi connectivity index (χ2n) is 4.37. The van der Waals surface area contributed by atoms with E-state index in [1.54, 1.807) is 0 Å². The van der Waals surface area contributed by atoms with Crippen LogP contribution in [0.2, 0.25) is 0 Å². The molecule has 1 aliphatic heterocycles. The molecule has 0 aromatic rings. The Hall–Kier alpha value is -0.120. The minimum atomic E-state index is 0.701. The summed E-state index contributed by atoms with van der Waals surface area (Å²) in [5.74, 6) is 0. The van der Waals surface area contributed by atoms with Gasteiger partial charge in [0.15, 0.2) is 0 Å². The largest absolute Gasteiger partial charge is 0.380 e. The summed E-state index contributed by atoms with van der Waals surface area (Å²) >= 11 is 0. The minimum Gasteiger partial charge on any atom is -0.380 e. The first-order chi connectivity index (χ1) is 7.27. The van der Waals surface area contributed by atoms with Crippen LogP contribution in [-0.4, -0.2) is 49.8 Å². The number of hydrogen-bond donors (Lipinski definition) is 1. The quantitative estimate of drug-likeness (QED) is 0.678. The fraction of sp³-hybridized carbons (Fsp3) is 1.00. The highest BCUT2D eigenvalue weighted by molar-refractivity contribution is 4.81. The van der Waals surface area contributed by atoms with Crippen LogP contribution >= 0.6 is 0 Å². The van der Waals surface area contributed by atoms with Crippen molar-refractivity contribution in [1.82, 2.24) is 10.2 Å². The molecule has 3 nitrogen and oxygen atoms in total. The molecule has 1 heterocycles. The first-order valence-electron chi connectivity index (χ1n) is 6.33. The van der Waals surface area contributed by atoms with Crippen molar-refractivity contribution >= 4 is 0 Å². The van der Waals surface area contributed by atoms with Gasteiger partial charge in [-0.25, -0.2) is 0 Å². The highest BCUT2D eigenvalue weighted by Gasteiger charge is 2.21. The van der Waals surface area contributed by atoms with E-state index in [0.717, 1.165) is 32.8 Å². The molecule has 1 saturated heterocycles. The third kappa shape index (κ3) is 4.49.